The molecule has 0 aromatic heterocycles. The minimum absolute atomic E-state index is 0.199. The van der Waals surface area contributed by atoms with E-state index in [0.29, 0.717) is 9.21 Å². The zero-order valence-corrected chi connectivity index (χ0v) is 11.0. The van der Waals surface area contributed by atoms with Crippen LogP contribution in [0, 0.1) is 0 Å². The SMILES string of the molecule is CS(=O)(=O)N1CCN(C(=O)NS(=O)(O)=S)C1=O. The Morgan fingerprint density at radius 1 is 1.41 bits per heavy atom. The lowest BCUT2D eigenvalue weighted by Gasteiger charge is -2.15. The first-order valence-corrected chi connectivity index (χ1v) is 8.39. The van der Waals surface area contributed by atoms with Crippen molar-refractivity contribution in [1.82, 2.24) is 13.9 Å². The van der Waals surface area contributed by atoms with Crippen LogP contribution in [-0.2, 0) is 30.2 Å². The zero-order chi connectivity index (χ0) is 13.4. The normalized spacial score (nSPS) is 20.2. The van der Waals surface area contributed by atoms with Gasteiger partial charge in [0.1, 0.15) is 0 Å². The lowest BCUT2D eigenvalue weighted by molar-refractivity contribution is 0.197. The van der Waals surface area contributed by atoms with E-state index in [4.69, 9.17) is 4.55 Å². The van der Waals surface area contributed by atoms with Gasteiger partial charge in [-0.15, -0.1) is 0 Å². The van der Waals surface area contributed by atoms with Gasteiger partial charge >= 0.3 is 12.1 Å². The number of hydrogen-bond acceptors (Lipinski definition) is 6. The highest BCUT2D eigenvalue weighted by atomic mass is 32.8. The molecule has 0 spiro atoms. The van der Waals surface area contributed by atoms with Gasteiger partial charge in [0.2, 0.25) is 19.0 Å². The summed E-state index contributed by atoms with van der Waals surface area (Å²) in [6.45, 7) is -0.405. The van der Waals surface area contributed by atoms with Gasteiger partial charge in [-0.05, 0) is 0 Å². The second-order valence-electron chi connectivity index (χ2n) is 3.15. The van der Waals surface area contributed by atoms with Crippen molar-refractivity contribution in [3.63, 3.8) is 0 Å². The lowest BCUT2D eigenvalue weighted by atomic mass is 10.6. The Labute approximate surface area is 102 Å². The highest BCUT2D eigenvalue weighted by molar-refractivity contribution is 8.28. The number of nitrogens with one attached hydrogen (secondary N) is 1. The van der Waals surface area contributed by atoms with E-state index >= 15 is 0 Å². The summed E-state index contributed by atoms with van der Waals surface area (Å²) >= 11 is 4.02. The second kappa shape index (κ2) is 4.36. The van der Waals surface area contributed by atoms with Gasteiger partial charge < -0.3 is 0 Å². The third-order valence-electron chi connectivity index (χ3n) is 1.83. The number of carbonyl (C=O) groups excluding carboxylic acids is 2. The molecule has 2 N–H and O–H groups in total. The van der Waals surface area contributed by atoms with Crippen LogP contribution in [0.5, 0.6) is 0 Å². The van der Waals surface area contributed by atoms with Crippen molar-refractivity contribution in [3.8, 4) is 0 Å². The van der Waals surface area contributed by atoms with Gasteiger partial charge in [0, 0.05) is 11.2 Å². The second-order valence-corrected chi connectivity index (χ2v) is 7.57. The summed E-state index contributed by atoms with van der Waals surface area (Å²) in [6, 6.07) is -2.28. The molecule has 9 nitrogen and oxygen atoms in total. The summed E-state index contributed by atoms with van der Waals surface area (Å²) in [5, 5.41) is 0. The molecule has 4 amide bonds. The van der Waals surface area contributed by atoms with Crippen LogP contribution in [0.15, 0.2) is 0 Å². The Morgan fingerprint density at radius 2 is 1.94 bits per heavy atom. The molecule has 12 heteroatoms. The van der Waals surface area contributed by atoms with E-state index in [0.717, 1.165) is 6.26 Å². The summed E-state index contributed by atoms with van der Waals surface area (Å²) in [5.41, 5.74) is 0. The maximum atomic E-state index is 11.5. The number of carbonyl (C=O) groups is 2. The first-order valence-electron chi connectivity index (χ1n) is 4.11. The molecule has 98 valence electrons. The quantitative estimate of drug-likeness (QED) is 0.638. The van der Waals surface area contributed by atoms with Crippen molar-refractivity contribution in [1.29, 1.82) is 0 Å². The fourth-order valence-electron chi connectivity index (χ4n) is 1.18. The summed E-state index contributed by atoms with van der Waals surface area (Å²) in [5.74, 6) is 0. The summed E-state index contributed by atoms with van der Waals surface area (Å²) in [7, 11) is -7.72. The Bertz CT molecular complexity index is 551. The van der Waals surface area contributed by atoms with E-state index in [1.165, 1.54) is 4.72 Å². The van der Waals surface area contributed by atoms with Crippen LogP contribution >= 0.6 is 0 Å². The molecule has 17 heavy (non-hydrogen) atoms. The molecule has 1 heterocycles. The highest BCUT2D eigenvalue weighted by Crippen LogP contribution is 2.12. The molecule has 0 aliphatic carbocycles. The van der Waals surface area contributed by atoms with E-state index in [-0.39, 0.29) is 13.1 Å². The predicted molar refractivity (Wildman–Crippen MR) is 60.3 cm³/mol. The number of urea groups is 2. The average Bonchev–Trinajstić information content (AvgIpc) is 2.42. The Hall–Kier alpha value is -0.980. The van der Waals surface area contributed by atoms with Crippen LogP contribution < -0.4 is 4.72 Å². The maximum Gasteiger partial charge on any atom is 0.341 e. The molecule has 1 atom stereocenters. The molecule has 1 rings (SSSR count). The monoisotopic (exact) mass is 303 g/mol. The van der Waals surface area contributed by atoms with Crippen molar-refractivity contribution in [2.45, 2.75) is 0 Å². The van der Waals surface area contributed by atoms with Crippen molar-refractivity contribution in [2.24, 2.45) is 0 Å². The summed E-state index contributed by atoms with van der Waals surface area (Å²) in [6.07, 6.45) is 0.814. The molecule has 1 unspecified atom stereocenters. The number of rotatable bonds is 2. The first kappa shape index (κ1) is 14.1. The van der Waals surface area contributed by atoms with Crippen molar-refractivity contribution >= 4 is 42.2 Å². The lowest BCUT2D eigenvalue weighted by Crippen LogP contribution is -2.45. The van der Waals surface area contributed by atoms with Crippen molar-refractivity contribution in [3.05, 3.63) is 0 Å². The summed E-state index contributed by atoms with van der Waals surface area (Å²) < 4.78 is 43.6. The van der Waals surface area contributed by atoms with E-state index in [1.807, 2.05) is 0 Å². The standard InChI is InChI=1S/C5H9N3O6S3/c1-16(11,12)8-3-2-7(5(8)10)4(9)6-17(13,14)15/h2-3H2,1H3,(H,6,9)(H,13,14,15). The van der Waals surface area contributed by atoms with Crippen LogP contribution in [0.25, 0.3) is 0 Å². The molecular weight excluding hydrogens is 294 g/mol. The molecular formula is C5H9N3O6S3. The Balaban J connectivity index is 2.85. The number of amides is 4. The van der Waals surface area contributed by atoms with Crippen molar-refractivity contribution in [2.75, 3.05) is 19.3 Å². The highest BCUT2D eigenvalue weighted by Gasteiger charge is 2.38. The third-order valence-corrected chi connectivity index (χ3v) is 3.65. The largest absolute Gasteiger partial charge is 0.341 e. The maximum absolute atomic E-state index is 11.5. The molecule has 0 saturated carbocycles. The van der Waals surface area contributed by atoms with Gasteiger partial charge in [0.25, 0.3) is 0 Å². The van der Waals surface area contributed by atoms with Crippen LogP contribution in [0.2, 0.25) is 0 Å². The van der Waals surface area contributed by atoms with E-state index in [1.54, 1.807) is 0 Å². The van der Waals surface area contributed by atoms with Crippen LogP contribution in [-0.4, -0.2) is 57.8 Å². The fraction of sp³-hybridized carbons (Fsp3) is 0.600. The van der Waals surface area contributed by atoms with Gasteiger partial charge in [-0.3, -0.25) is 4.55 Å². The molecule has 1 fully saturated rings. The predicted octanol–water partition coefficient (Wildman–Crippen LogP) is -1.47. The topological polar surface area (TPSA) is 124 Å². The fourth-order valence-corrected chi connectivity index (χ4v) is 2.52. The summed E-state index contributed by atoms with van der Waals surface area (Å²) in [4.78, 5) is 23.3. The van der Waals surface area contributed by atoms with Gasteiger partial charge in [-0.25, -0.2) is 36.1 Å². The van der Waals surface area contributed by atoms with Crippen LogP contribution in [0.1, 0.15) is 0 Å². The van der Waals surface area contributed by atoms with Gasteiger partial charge in [-0.2, -0.15) is 0 Å². The minimum Gasteiger partial charge on any atom is -0.290 e. The molecule has 0 bridgehead atoms. The Kier molecular flexibility index (Phi) is 3.61. The number of hydrogen-bond donors (Lipinski definition) is 2. The first-order chi connectivity index (χ1) is 7.52. The molecule has 0 radical (unpaired) electrons. The molecule has 0 aromatic carbocycles. The van der Waals surface area contributed by atoms with Crippen LogP contribution in [0.4, 0.5) is 9.59 Å². The molecule has 1 saturated heterocycles. The minimum atomic E-state index is -3.97. The zero-order valence-electron chi connectivity index (χ0n) is 8.52. The average molecular weight is 303 g/mol. The van der Waals surface area contributed by atoms with Gasteiger partial charge in [0.05, 0.1) is 19.3 Å². The third kappa shape index (κ3) is 3.49. The number of nitrogens with zero attached hydrogens (tertiary/aromatic N) is 2. The number of imide groups is 1. The smallest absolute Gasteiger partial charge is 0.290 e. The number of sulfonamides is 1. The van der Waals surface area contributed by atoms with E-state index < -0.39 is 31.0 Å². The molecule has 1 aliphatic rings. The van der Waals surface area contributed by atoms with Gasteiger partial charge in [0.15, 0.2) is 0 Å². The molecule has 0 aromatic rings. The van der Waals surface area contributed by atoms with E-state index in [2.05, 4.69) is 11.2 Å². The van der Waals surface area contributed by atoms with Gasteiger partial charge in [-0.1, -0.05) is 0 Å². The molecule has 1 aliphatic heterocycles. The van der Waals surface area contributed by atoms with E-state index in [9.17, 15) is 22.2 Å². The van der Waals surface area contributed by atoms with Crippen molar-refractivity contribution < 1.29 is 26.8 Å². The van der Waals surface area contributed by atoms with Crippen LogP contribution in [0.3, 0.4) is 0 Å². The Morgan fingerprint density at radius 3 is 2.29 bits per heavy atom.